The molecule has 1 aliphatic rings. The van der Waals surface area contributed by atoms with E-state index in [1.165, 1.54) is 12.8 Å². The highest BCUT2D eigenvalue weighted by molar-refractivity contribution is 5.75. The third-order valence-corrected chi connectivity index (χ3v) is 2.93. The van der Waals surface area contributed by atoms with Gasteiger partial charge < -0.3 is 10.4 Å². The second-order valence-electron chi connectivity index (χ2n) is 4.52. The van der Waals surface area contributed by atoms with Crippen LogP contribution in [0, 0.1) is 5.92 Å². The maximum atomic E-state index is 11.3. The number of hydrogen-bond acceptors (Lipinski definition) is 2. The van der Waals surface area contributed by atoms with Gasteiger partial charge >= 0.3 is 0 Å². The molecule has 0 aromatic heterocycles. The number of nitrogens with one attached hydrogen (secondary N) is 1. The number of hydrogen-bond donors (Lipinski definition) is 2. The Labute approximate surface area is 92.3 Å². The predicted octanol–water partition coefficient (Wildman–Crippen LogP) is 1.84. The van der Waals surface area contributed by atoms with Gasteiger partial charge in [-0.3, -0.25) is 4.79 Å². The summed E-state index contributed by atoms with van der Waals surface area (Å²) in [4.78, 5) is 11.3. The van der Waals surface area contributed by atoms with E-state index >= 15 is 0 Å². The number of rotatable bonds is 8. The van der Waals surface area contributed by atoms with Crippen molar-refractivity contribution < 1.29 is 9.90 Å². The third kappa shape index (κ3) is 5.78. The fraction of sp³-hybridized carbons (Fsp3) is 0.917. The van der Waals surface area contributed by atoms with Gasteiger partial charge in [0.15, 0.2) is 0 Å². The number of amides is 1. The van der Waals surface area contributed by atoms with Gasteiger partial charge in [0.1, 0.15) is 0 Å². The Balaban J connectivity index is 1.93. The van der Waals surface area contributed by atoms with Gasteiger partial charge in [-0.15, -0.1) is 0 Å². The summed E-state index contributed by atoms with van der Waals surface area (Å²) in [7, 11) is 0. The minimum atomic E-state index is -0.315. The molecule has 0 aliphatic heterocycles. The Morgan fingerprint density at radius 2 is 2.13 bits per heavy atom. The van der Waals surface area contributed by atoms with E-state index < -0.39 is 0 Å². The molecule has 15 heavy (non-hydrogen) atoms. The number of carbonyl (C=O) groups is 1. The average molecular weight is 213 g/mol. The fourth-order valence-corrected chi connectivity index (χ4v) is 1.67. The molecule has 0 spiro atoms. The molecule has 0 radical (unpaired) electrons. The standard InChI is InChI=1S/C12H23NO2/c1-2-3-4-5-6-12(15)13-9-11(14)10-7-8-10/h10-11,14H,2-9H2,1H3,(H,13,15). The Morgan fingerprint density at radius 3 is 2.73 bits per heavy atom. The lowest BCUT2D eigenvalue weighted by atomic mass is 10.1. The largest absolute Gasteiger partial charge is 0.391 e. The summed E-state index contributed by atoms with van der Waals surface area (Å²) < 4.78 is 0. The predicted molar refractivity (Wildman–Crippen MR) is 60.5 cm³/mol. The van der Waals surface area contributed by atoms with Crippen LogP contribution in [0.5, 0.6) is 0 Å². The zero-order valence-electron chi connectivity index (χ0n) is 9.67. The third-order valence-electron chi connectivity index (χ3n) is 2.93. The Morgan fingerprint density at radius 1 is 1.40 bits per heavy atom. The first-order chi connectivity index (χ1) is 7.24. The first kappa shape index (κ1) is 12.5. The van der Waals surface area contributed by atoms with Gasteiger partial charge in [-0.2, -0.15) is 0 Å². The molecule has 1 rings (SSSR count). The Hall–Kier alpha value is -0.570. The van der Waals surface area contributed by atoms with E-state index in [2.05, 4.69) is 12.2 Å². The average Bonchev–Trinajstić information content (AvgIpc) is 3.04. The highest BCUT2D eigenvalue weighted by Gasteiger charge is 2.29. The molecule has 0 aromatic carbocycles. The number of aliphatic hydroxyl groups excluding tert-OH is 1. The van der Waals surface area contributed by atoms with E-state index in [0.29, 0.717) is 18.9 Å². The quantitative estimate of drug-likeness (QED) is 0.604. The summed E-state index contributed by atoms with van der Waals surface area (Å²) in [6, 6.07) is 0. The molecule has 0 saturated heterocycles. The van der Waals surface area contributed by atoms with Crippen LogP contribution in [0.1, 0.15) is 51.9 Å². The van der Waals surface area contributed by atoms with Crippen LogP contribution in [-0.2, 0) is 4.79 Å². The lowest BCUT2D eigenvalue weighted by Gasteiger charge is -2.10. The number of aliphatic hydroxyl groups is 1. The van der Waals surface area contributed by atoms with Gasteiger partial charge in [0, 0.05) is 13.0 Å². The Kier molecular flexibility index (Phi) is 5.69. The molecule has 2 N–H and O–H groups in total. The zero-order chi connectivity index (χ0) is 11.1. The van der Waals surface area contributed by atoms with Crippen molar-refractivity contribution in [1.82, 2.24) is 5.32 Å². The lowest BCUT2D eigenvalue weighted by Crippen LogP contribution is -2.32. The van der Waals surface area contributed by atoms with E-state index in [4.69, 9.17) is 0 Å². The molecule has 1 aliphatic carbocycles. The molecule has 1 saturated carbocycles. The van der Waals surface area contributed by atoms with Crippen LogP contribution in [-0.4, -0.2) is 23.7 Å². The Bertz CT molecular complexity index is 190. The van der Waals surface area contributed by atoms with Crippen LogP contribution < -0.4 is 5.32 Å². The zero-order valence-corrected chi connectivity index (χ0v) is 9.67. The van der Waals surface area contributed by atoms with Gasteiger partial charge in [-0.25, -0.2) is 0 Å². The minimum absolute atomic E-state index is 0.0887. The van der Waals surface area contributed by atoms with Crippen molar-refractivity contribution in [2.24, 2.45) is 5.92 Å². The molecule has 0 heterocycles. The highest BCUT2D eigenvalue weighted by atomic mass is 16.3. The summed E-state index contributed by atoms with van der Waals surface area (Å²) in [5.41, 5.74) is 0. The highest BCUT2D eigenvalue weighted by Crippen LogP contribution is 2.32. The molecule has 88 valence electrons. The normalized spacial score (nSPS) is 17.5. The lowest BCUT2D eigenvalue weighted by molar-refractivity contribution is -0.121. The van der Waals surface area contributed by atoms with Gasteiger partial charge in [0.05, 0.1) is 6.10 Å². The van der Waals surface area contributed by atoms with Crippen molar-refractivity contribution in [2.45, 2.75) is 58.0 Å². The van der Waals surface area contributed by atoms with Gasteiger partial charge in [-0.1, -0.05) is 26.2 Å². The van der Waals surface area contributed by atoms with Gasteiger partial charge in [0.2, 0.25) is 5.91 Å². The van der Waals surface area contributed by atoms with E-state index in [9.17, 15) is 9.90 Å². The molecular formula is C12H23NO2. The van der Waals surface area contributed by atoms with Crippen molar-refractivity contribution in [3.8, 4) is 0 Å². The monoisotopic (exact) mass is 213 g/mol. The van der Waals surface area contributed by atoms with Crippen LogP contribution in [0.25, 0.3) is 0 Å². The van der Waals surface area contributed by atoms with Crippen LogP contribution in [0.2, 0.25) is 0 Å². The number of unbranched alkanes of at least 4 members (excludes halogenated alkanes) is 3. The maximum absolute atomic E-state index is 11.3. The molecule has 0 aromatic rings. The van der Waals surface area contributed by atoms with Crippen molar-refractivity contribution in [3.63, 3.8) is 0 Å². The van der Waals surface area contributed by atoms with E-state index in [0.717, 1.165) is 25.7 Å². The minimum Gasteiger partial charge on any atom is -0.391 e. The van der Waals surface area contributed by atoms with E-state index in [1.807, 2.05) is 0 Å². The van der Waals surface area contributed by atoms with Crippen LogP contribution >= 0.6 is 0 Å². The van der Waals surface area contributed by atoms with E-state index in [1.54, 1.807) is 0 Å². The van der Waals surface area contributed by atoms with Crippen LogP contribution in [0.3, 0.4) is 0 Å². The van der Waals surface area contributed by atoms with Crippen molar-refractivity contribution >= 4 is 5.91 Å². The first-order valence-corrected chi connectivity index (χ1v) is 6.18. The second-order valence-corrected chi connectivity index (χ2v) is 4.52. The van der Waals surface area contributed by atoms with Crippen LogP contribution in [0.4, 0.5) is 0 Å². The topological polar surface area (TPSA) is 49.3 Å². The van der Waals surface area contributed by atoms with Gasteiger partial charge in [-0.05, 0) is 25.2 Å². The SMILES string of the molecule is CCCCCCC(=O)NCC(O)C1CC1. The van der Waals surface area contributed by atoms with E-state index in [-0.39, 0.29) is 12.0 Å². The van der Waals surface area contributed by atoms with Crippen molar-refractivity contribution in [3.05, 3.63) is 0 Å². The maximum Gasteiger partial charge on any atom is 0.220 e. The van der Waals surface area contributed by atoms with Crippen LogP contribution in [0.15, 0.2) is 0 Å². The summed E-state index contributed by atoms with van der Waals surface area (Å²) in [5.74, 6) is 0.538. The van der Waals surface area contributed by atoms with Crippen molar-refractivity contribution in [1.29, 1.82) is 0 Å². The fourth-order valence-electron chi connectivity index (χ4n) is 1.67. The molecule has 3 heteroatoms. The summed E-state index contributed by atoms with van der Waals surface area (Å²) in [5, 5.41) is 12.3. The second kappa shape index (κ2) is 6.83. The van der Waals surface area contributed by atoms with Gasteiger partial charge in [0.25, 0.3) is 0 Å². The smallest absolute Gasteiger partial charge is 0.220 e. The molecule has 3 nitrogen and oxygen atoms in total. The molecule has 1 unspecified atom stereocenters. The summed E-state index contributed by atoms with van der Waals surface area (Å²) in [6.07, 6.45) is 7.04. The molecule has 1 amide bonds. The molecular weight excluding hydrogens is 190 g/mol. The van der Waals surface area contributed by atoms with Crippen molar-refractivity contribution in [2.75, 3.05) is 6.54 Å². The number of carbonyl (C=O) groups excluding carboxylic acids is 1. The molecule has 0 bridgehead atoms. The molecule has 1 fully saturated rings. The summed E-state index contributed by atoms with van der Waals surface area (Å²) >= 11 is 0. The molecule has 1 atom stereocenters. The summed E-state index contributed by atoms with van der Waals surface area (Å²) in [6.45, 7) is 2.60. The first-order valence-electron chi connectivity index (χ1n) is 6.18.